The number of fused-ring (bicyclic) bond motifs is 1. The number of esters is 3. The Bertz CT molecular complexity index is 910. The fourth-order valence-corrected chi connectivity index (χ4v) is 3.09. The van der Waals surface area contributed by atoms with Crippen LogP contribution < -0.4 is 9.97 Å². The van der Waals surface area contributed by atoms with Crippen LogP contribution in [0.5, 0.6) is 5.75 Å². The number of carbonyl (C=O) groups excluding carboxylic acids is 4. The molecule has 0 fully saturated rings. The third-order valence-corrected chi connectivity index (χ3v) is 4.70. The zero-order valence-electron chi connectivity index (χ0n) is 18.2. The zero-order chi connectivity index (χ0) is 25.3. The maximum Gasteiger partial charge on any atom is 0.547 e. The molecule has 0 radical (unpaired) electrons. The summed E-state index contributed by atoms with van der Waals surface area (Å²) in [7, 11) is -0.448. The number of unbranched alkanes of at least 4 members (excludes halogenated alkanes) is 1. The van der Waals surface area contributed by atoms with E-state index in [4.69, 9.17) is 14.1 Å². The van der Waals surface area contributed by atoms with Crippen LogP contribution >= 0.6 is 0 Å². The fourth-order valence-electron chi connectivity index (χ4n) is 3.09. The van der Waals surface area contributed by atoms with Crippen LogP contribution in [0, 0.1) is 0 Å². The van der Waals surface area contributed by atoms with Gasteiger partial charge >= 0.3 is 31.2 Å². The van der Waals surface area contributed by atoms with Crippen molar-refractivity contribution in [1.29, 1.82) is 0 Å². The standard InChI is InChI=1S/C20H23BF3NO9/c1-31-16(27)7-2-3-8-17(28)32-11-33-19(29)13-6-4-5-12-9-14(21(30)34-18(12)13)25-15(26)10-20(22,23)24/h4-6,14,30H,2-3,7-11H2,1H3,(H,25,26)/t14-/m0/s1. The number of benzene rings is 1. The quantitative estimate of drug-likeness (QED) is 0.217. The molecule has 1 amide bonds. The lowest BCUT2D eigenvalue weighted by Gasteiger charge is -2.29. The monoisotopic (exact) mass is 489 g/mol. The van der Waals surface area contributed by atoms with Crippen molar-refractivity contribution in [3.8, 4) is 5.75 Å². The van der Waals surface area contributed by atoms with Gasteiger partial charge in [-0.05, 0) is 30.9 Å². The van der Waals surface area contributed by atoms with E-state index in [0.717, 1.165) is 0 Å². The number of nitrogens with one attached hydrogen (secondary N) is 1. The Balaban J connectivity index is 1.87. The highest BCUT2D eigenvalue weighted by Crippen LogP contribution is 2.31. The van der Waals surface area contributed by atoms with Crippen molar-refractivity contribution < 1.29 is 56.2 Å². The number of ether oxygens (including phenoxy) is 3. The van der Waals surface area contributed by atoms with Crippen LogP contribution in [-0.4, -0.2) is 62.0 Å². The molecule has 0 aromatic heterocycles. The van der Waals surface area contributed by atoms with Crippen molar-refractivity contribution in [2.75, 3.05) is 13.9 Å². The van der Waals surface area contributed by atoms with Gasteiger partial charge in [0.25, 0.3) is 0 Å². The van der Waals surface area contributed by atoms with Crippen molar-refractivity contribution in [1.82, 2.24) is 5.32 Å². The van der Waals surface area contributed by atoms with Crippen LogP contribution in [0.2, 0.25) is 0 Å². The van der Waals surface area contributed by atoms with E-state index in [9.17, 15) is 37.4 Å². The molecule has 1 aliphatic heterocycles. The Labute approximate surface area is 192 Å². The number of hydrogen-bond donors (Lipinski definition) is 2. The summed E-state index contributed by atoms with van der Waals surface area (Å²) >= 11 is 0. The Morgan fingerprint density at radius 2 is 1.82 bits per heavy atom. The minimum absolute atomic E-state index is 0.00598. The molecular weight excluding hydrogens is 466 g/mol. The number of methoxy groups -OCH3 is 1. The third-order valence-electron chi connectivity index (χ3n) is 4.70. The normalized spacial score (nSPS) is 15.0. The summed E-state index contributed by atoms with van der Waals surface area (Å²) < 4.78 is 56.5. The summed E-state index contributed by atoms with van der Waals surface area (Å²) in [5.41, 5.74) is 0.241. The summed E-state index contributed by atoms with van der Waals surface area (Å²) in [6.45, 7) is -0.684. The van der Waals surface area contributed by atoms with Gasteiger partial charge in [0.05, 0.1) is 13.1 Å². The Morgan fingerprint density at radius 1 is 1.15 bits per heavy atom. The van der Waals surface area contributed by atoms with Crippen LogP contribution in [0.4, 0.5) is 13.2 Å². The second-order valence-corrected chi connectivity index (χ2v) is 7.32. The summed E-state index contributed by atoms with van der Waals surface area (Å²) in [5, 5.41) is 12.2. The van der Waals surface area contributed by atoms with Gasteiger partial charge in [-0.25, -0.2) is 4.79 Å². The number of amides is 1. The molecule has 186 valence electrons. The van der Waals surface area contributed by atoms with Crippen molar-refractivity contribution in [2.24, 2.45) is 0 Å². The van der Waals surface area contributed by atoms with E-state index in [1.54, 1.807) is 0 Å². The highest BCUT2D eigenvalue weighted by molar-refractivity contribution is 6.47. The molecule has 1 atom stereocenters. The van der Waals surface area contributed by atoms with Gasteiger partial charge in [-0.1, -0.05) is 12.1 Å². The summed E-state index contributed by atoms with van der Waals surface area (Å²) in [5.74, 6) is -4.51. The summed E-state index contributed by atoms with van der Waals surface area (Å²) in [6.07, 6.45) is -5.54. The highest BCUT2D eigenvalue weighted by atomic mass is 19.4. The first kappa shape index (κ1) is 27.0. The van der Waals surface area contributed by atoms with E-state index >= 15 is 0 Å². The number of para-hydroxylation sites is 1. The van der Waals surface area contributed by atoms with E-state index < -0.39 is 56.3 Å². The molecule has 14 heteroatoms. The molecule has 34 heavy (non-hydrogen) atoms. The first-order chi connectivity index (χ1) is 16.0. The van der Waals surface area contributed by atoms with Gasteiger partial charge in [-0.2, -0.15) is 13.2 Å². The van der Waals surface area contributed by atoms with Gasteiger partial charge < -0.3 is 29.2 Å². The number of alkyl halides is 3. The summed E-state index contributed by atoms with van der Waals surface area (Å²) in [6, 6.07) is 4.29. The topological polar surface area (TPSA) is 137 Å². The maximum absolute atomic E-state index is 12.4. The zero-order valence-corrected chi connectivity index (χ0v) is 18.2. The number of carbonyl (C=O) groups is 4. The molecule has 1 aliphatic rings. The van der Waals surface area contributed by atoms with Crippen LogP contribution in [0.25, 0.3) is 0 Å². The second kappa shape index (κ2) is 12.3. The van der Waals surface area contributed by atoms with Gasteiger partial charge in [0, 0.05) is 12.8 Å². The third kappa shape index (κ3) is 8.58. The van der Waals surface area contributed by atoms with Crippen LogP contribution in [0.15, 0.2) is 18.2 Å². The van der Waals surface area contributed by atoms with Gasteiger partial charge in [0.15, 0.2) is 0 Å². The number of rotatable bonds is 10. The molecule has 2 rings (SSSR count). The average molecular weight is 489 g/mol. The Kier molecular flexibility index (Phi) is 9.72. The fraction of sp³-hybridized carbons (Fsp3) is 0.500. The minimum Gasteiger partial charge on any atom is -0.534 e. The predicted molar refractivity (Wildman–Crippen MR) is 108 cm³/mol. The van der Waals surface area contributed by atoms with E-state index in [0.29, 0.717) is 18.4 Å². The smallest absolute Gasteiger partial charge is 0.534 e. The Hall–Kier alpha value is -3.29. The molecule has 0 unspecified atom stereocenters. The largest absolute Gasteiger partial charge is 0.547 e. The highest BCUT2D eigenvalue weighted by Gasteiger charge is 2.40. The van der Waals surface area contributed by atoms with E-state index in [1.165, 1.54) is 25.3 Å². The molecular formula is C20H23BF3NO9. The SMILES string of the molecule is COC(=O)CCCCC(=O)OCOC(=O)c1cccc2c1OB(O)[C@@H](NC(=O)CC(F)(F)F)C2. The second-order valence-electron chi connectivity index (χ2n) is 7.32. The van der Waals surface area contributed by atoms with Crippen LogP contribution in [0.3, 0.4) is 0 Å². The van der Waals surface area contributed by atoms with E-state index in [-0.39, 0.29) is 30.6 Å². The van der Waals surface area contributed by atoms with Gasteiger partial charge in [0.1, 0.15) is 17.7 Å². The van der Waals surface area contributed by atoms with Crippen molar-refractivity contribution >= 4 is 30.9 Å². The predicted octanol–water partition coefficient (Wildman–Crippen LogP) is 1.47. The molecule has 0 saturated carbocycles. The maximum atomic E-state index is 12.4. The molecule has 1 aromatic rings. The molecule has 1 aromatic carbocycles. The molecule has 0 saturated heterocycles. The molecule has 2 N–H and O–H groups in total. The minimum atomic E-state index is -4.70. The molecule has 10 nitrogen and oxygen atoms in total. The Morgan fingerprint density at radius 3 is 2.47 bits per heavy atom. The van der Waals surface area contributed by atoms with Crippen molar-refractivity contribution in [3.63, 3.8) is 0 Å². The lowest BCUT2D eigenvalue weighted by Crippen LogP contribution is -2.53. The van der Waals surface area contributed by atoms with Crippen molar-refractivity contribution in [2.45, 2.75) is 50.6 Å². The summed E-state index contributed by atoms with van der Waals surface area (Å²) in [4.78, 5) is 46.6. The van der Waals surface area contributed by atoms with Crippen LogP contribution in [-0.2, 0) is 35.0 Å². The van der Waals surface area contributed by atoms with Gasteiger partial charge in [-0.15, -0.1) is 0 Å². The molecule has 0 aliphatic carbocycles. The molecule has 0 bridgehead atoms. The lowest BCUT2D eigenvalue weighted by molar-refractivity contribution is -0.154. The average Bonchev–Trinajstić information content (AvgIpc) is 2.75. The van der Waals surface area contributed by atoms with E-state index in [1.807, 2.05) is 0 Å². The van der Waals surface area contributed by atoms with Gasteiger partial charge in [-0.3, -0.25) is 14.4 Å². The number of hydrogen-bond acceptors (Lipinski definition) is 9. The first-order valence-corrected chi connectivity index (χ1v) is 10.2. The lowest BCUT2D eigenvalue weighted by atomic mass is 9.72. The van der Waals surface area contributed by atoms with Crippen molar-refractivity contribution in [3.05, 3.63) is 29.3 Å². The number of halogens is 3. The van der Waals surface area contributed by atoms with Gasteiger partial charge in [0.2, 0.25) is 12.7 Å². The van der Waals surface area contributed by atoms with Crippen LogP contribution in [0.1, 0.15) is 48.0 Å². The first-order valence-electron chi connectivity index (χ1n) is 10.2. The molecule has 0 spiro atoms. The van der Waals surface area contributed by atoms with E-state index in [2.05, 4.69) is 10.1 Å². The molecule has 1 heterocycles.